The Morgan fingerprint density at radius 2 is 1.25 bits per heavy atom. The van der Waals surface area contributed by atoms with Crippen LogP contribution in [0.2, 0.25) is 0 Å². The lowest BCUT2D eigenvalue weighted by Crippen LogP contribution is -2.17. The molecular formula is C16H20. The molecule has 1 fully saturated rings. The van der Waals surface area contributed by atoms with E-state index in [0.717, 1.165) is 29.6 Å². The van der Waals surface area contributed by atoms with E-state index in [-0.39, 0.29) is 0 Å². The first-order chi connectivity index (χ1) is 7.70. The van der Waals surface area contributed by atoms with Crippen LogP contribution in [0.25, 0.3) is 0 Å². The standard InChI is InChI=1S/C16H20/c1-10-6-4-8-13-14-9-5-7-11(2)16(14)12(3)15(10)13/h4-9,12-16H,1-3H3. The van der Waals surface area contributed by atoms with Gasteiger partial charge in [-0.2, -0.15) is 0 Å². The normalized spacial score (nSPS) is 44.8. The van der Waals surface area contributed by atoms with Crippen LogP contribution in [0.1, 0.15) is 20.8 Å². The molecule has 0 radical (unpaired) electrons. The lowest BCUT2D eigenvalue weighted by molar-refractivity contribution is 0.386. The Morgan fingerprint density at radius 1 is 0.812 bits per heavy atom. The molecule has 0 aromatic heterocycles. The number of rotatable bonds is 0. The fourth-order valence-corrected chi connectivity index (χ4v) is 4.23. The molecular weight excluding hydrogens is 192 g/mol. The summed E-state index contributed by atoms with van der Waals surface area (Å²) in [6, 6.07) is 0. The summed E-state index contributed by atoms with van der Waals surface area (Å²) < 4.78 is 0. The van der Waals surface area contributed by atoms with E-state index in [0.29, 0.717) is 0 Å². The van der Waals surface area contributed by atoms with Crippen molar-refractivity contribution in [1.29, 1.82) is 0 Å². The first-order valence-corrected chi connectivity index (χ1v) is 6.40. The van der Waals surface area contributed by atoms with Gasteiger partial charge in [0.25, 0.3) is 0 Å². The highest BCUT2D eigenvalue weighted by Crippen LogP contribution is 2.54. The molecule has 3 aliphatic carbocycles. The van der Waals surface area contributed by atoms with E-state index in [2.05, 4.69) is 57.2 Å². The van der Waals surface area contributed by atoms with Crippen molar-refractivity contribution in [3.05, 3.63) is 47.6 Å². The Labute approximate surface area is 98.4 Å². The van der Waals surface area contributed by atoms with E-state index in [9.17, 15) is 0 Å². The maximum absolute atomic E-state index is 2.44. The Bertz CT molecular complexity index is 379. The molecule has 0 heterocycles. The molecule has 0 aromatic carbocycles. The first-order valence-electron chi connectivity index (χ1n) is 6.40. The molecule has 0 amide bonds. The molecule has 0 heteroatoms. The van der Waals surface area contributed by atoms with Crippen molar-refractivity contribution in [2.45, 2.75) is 20.8 Å². The lowest BCUT2D eigenvalue weighted by atomic mass is 9.79. The third-order valence-electron chi connectivity index (χ3n) is 4.84. The van der Waals surface area contributed by atoms with Gasteiger partial charge in [0.1, 0.15) is 0 Å². The van der Waals surface area contributed by atoms with Crippen LogP contribution >= 0.6 is 0 Å². The van der Waals surface area contributed by atoms with Crippen LogP contribution in [-0.4, -0.2) is 0 Å². The van der Waals surface area contributed by atoms with Gasteiger partial charge in [0.05, 0.1) is 0 Å². The van der Waals surface area contributed by atoms with Crippen LogP contribution in [0, 0.1) is 29.6 Å². The number of fused-ring (bicyclic) bond motifs is 3. The van der Waals surface area contributed by atoms with Crippen molar-refractivity contribution in [3.8, 4) is 0 Å². The predicted octanol–water partition coefficient (Wildman–Crippen LogP) is 4.13. The first kappa shape index (κ1) is 10.1. The number of hydrogen-bond acceptors (Lipinski definition) is 0. The van der Waals surface area contributed by atoms with Gasteiger partial charge in [-0.25, -0.2) is 0 Å². The van der Waals surface area contributed by atoms with Crippen LogP contribution in [0.4, 0.5) is 0 Å². The third kappa shape index (κ3) is 1.22. The maximum Gasteiger partial charge on any atom is -0.00930 e. The molecule has 4 unspecified atom stereocenters. The average Bonchev–Trinajstić information content (AvgIpc) is 2.56. The average molecular weight is 212 g/mol. The molecule has 3 aliphatic rings. The predicted molar refractivity (Wildman–Crippen MR) is 68.9 cm³/mol. The minimum atomic E-state index is 0.741. The summed E-state index contributed by atoms with van der Waals surface area (Å²) in [5.41, 5.74) is 3.16. The van der Waals surface area contributed by atoms with E-state index in [1.807, 2.05) is 0 Å². The molecule has 3 rings (SSSR count). The Morgan fingerprint density at radius 3 is 1.69 bits per heavy atom. The molecule has 4 atom stereocenters. The van der Waals surface area contributed by atoms with Gasteiger partial charge in [-0.1, -0.05) is 54.5 Å². The molecule has 0 saturated heterocycles. The van der Waals surface area contributed by atoms with Crippen LogP contribution < -0.4 is 0 Å². The largest absolute Gasteiger partial charge is 0.0802 e. The summed E-state index contributed by atoms with van der Waals surface area (Å²) >= 11 is 0. The van der Waals surface area contributed by atoms with E-state index < -0.39 is 0 Å². The fourth-order valence-electron chi connectivity index (χ4n) is 4.23. The van der Waals surface area contributed by atoms with Crippen molar-refractivity contribution in [2.75, 3.05) is 0 Å². The van der Waals surface area contributed by atoms with Gasteiger partial charge in [-0.3, -0.25) is 0 Å². The maximum atomic E-state index is 2.44. The molecule has 1 saturated carbocycles. The van der Waals surface area contributed by atoms with Gasteiger partial charge >= 0.3 is 0 Å². The van der Waals surface area contributed by atoms with Crippen LogP contribution in [-0.2, 0) is 0 Å². The monoisotopic (exact) mass is 212 g/mol. The van der Waals surface area contributed by atoms with Gasteiger partial charge < -0.3 is 0 Å². The Kier molecular flexibility index (Phi) is 2.20. The summed E-state index contributed by atoms with van der Waals surface area (Å²) in [6.45, 7) is 7.05. The second kappa shape index (κ2) is 3.48. The second-order valence-electron chi connectivity index (χ2n) is 5.66. The molecule has 0 bridgehead atoms. The van der Waals surface area contributed by atoms with E-state index in [1.165, 1.54) is 0 Å². The SMILES string of the molecule is CC1=CC=CC2C3C=CC=C(C)C3C(C)C12. The summed E-state index contributed by atoms with van der Waals surface area (Å²) in [4.78, 5) is 0. The van der Waals surface area contributed by atoms with Crippen molar-refractivity contribution in [3.63, 3.8) is 0 Å². The summed E-state index contributed by atoms with van der Waals surface area (Å²) in [7, 11) is 0. The number of allylic oxidation sites excluding steroid dienone is 8. The van der Waals surface area contributed by atoms with Crippen LogP contribution in [0.3, 0.4) is 0 Å². The van der Waals surface area contributed by atoms with Crippen molar-refractivity contribution in [1.82, 2.24) is 0 Å². The highest BCUT2D eigenvalue weighted by molar-refractivity contribution is 5.34. The third-order valence-corrected chi connectivity index (χ3v) is 4.84. The highest BCUT2D eigenvalue weighted by Gasteiger charge is 2.48. The van der Waals surface area contributed by atoms with E-state index in [4.69, 9.17) is 0 Å². The summed E-state index contributed by atoms with van der Waals surface area (Å²) in [5.74, 6) is 3.81. The van der Waals surface area contributed by atoms with Gasteiger partial charge in [0, 0.05) is 0 Å². The quantitative estimate of drug-likeness (QED) is 0.566. The second-order valence-corrected chi connectivity index (χ2v) is 5.66. The summed E-state index contributed by atoms with van der Waals surface area (Å²) in [6.07, 6.45) is 14.0. The molecule has 0 aromatic rings. The zero-order valence-corrected chi connectivity index (χ0v) is 10.4. The van der Waals surface area contributed by atoms with E-state index in [1.54, 1.807) is 11.1 Å². The molecule has 0 nitrogen and oxygen atoms in total. The van der Waals surface area contributed by atoms with Gasteiger partial charge in [-0.15, -0.1) is 0 Å². The van der Waals surface area contributed by atoms with E-state index >= 15 is 0 Å². The zero-order valence-electron chi connectivity index (χ0n) is 10.4. The minimum absolute atomic E-state index is 0.741. The summed E-state index contributed by atoms with van der Waals surface area (Å²) in [5, 5.41) is 0. The zero-order chi connectivity index (χ0) is 11.3. The van der Waals surface area contributed by atoms with Crippen LogP contribution in [0.15, 0.2) is 47.6 Å². The molecule has 0 N–H and O–H groups in total. The molecule has 0 aliphatic heterocycles. The fraction of sp³-hybridized carbons (Fsp3) is 0.500. The molecule has 0 spiro atoms. The molecule has 84 valence electrons. The smallest absolute Gasteiger partial charge is 0.00930 e. The Hall–Kier alpha value is -1.04. The van der Waals surface area contributed by atoms with Crippen LogP contribution in [0.5, 0.6) is 0 Å². The lowest BCUT2D eigenvalue weighted by Gasteiger charge is -2.25. The highest BCUT2D eigenvalue weighted by atomic mass is 14.5. The Balaban J connectivity index is 2.04. The van der Waals surface area contributed by atoms with Crippen molar-refractivity contribution in [2.24, 2.45) is 29.6 Å². The minimum Gasteiger partial charge on any atom is -0.0802 e. The van der Waals surface area contributed by atoms with Gasteiger partial charge in [0.2, 0.25) is 0 Å². The topological polar surface area (TPSA) is 0 Å². The number of hydrogen-bond donors (Lipinski definition) is 0. The molecule has 16 heavy (non-hydrogen) atoms. The van der Waals surface area contributed by atoms with Gasteiger partial charge in [-0.05, 0) is 43.4 Å². The van der Waals surface area contributed by atoms with Crippen molar-refractivity contribution >= 4 is 0 Å². The van der Waals surface area contributed by atoms with Gasteiger partial charge in [0.15, 0.2) is 0 Å². The van der Waals surface area contributed by atoms with Crippen molar-refractivity contribution < 1.29 is 0 Å².